The number of esters is 1. The number of carbonyl (C=O) groups excluding carboxylic acids is 1. The van der Waals surface area contributed by atoms with E-state index in [1.54, 1.807) is 12.1 Å². The van der Waals surface area contributed by atoms with Crippen molar-refractivity contribution < 1.29 is 32.0 Å². The van der Waals surface area contributed by atoms with Gasteiger partial charge in [0.1, 0.15) is 0 Å². The first-order chi connectivity index (χ1) is 12.3. The zero-order chi connectivity index (χ0) is 19.3. The number of allylic oxidation sites excluding steroid dienone is 1. The Hall–Kier alpha value is -2.06. The van der Waals surface area contributed by atoms with Gasteiger partial charge in [-0.15, -0.1) is 0 Å². The molecule has 8 heteroatoms. The van der Waals surface area contributed by atoms with Crippen LogP contribution in [0.4, 0.5) is 0 Å². The van der Waals surface area contributed by atoms with Crippen LogP contribution in [0.2, 0.25) is 0 Å². The number of hydrogen-bond acceptors (Lipinski definition) is 7. The molecule has 2 rings (SSSR count). The Morgan fingerprint density at radius 2 is 1.69 bits per heavy atom. The van der Waals surface area contributed by atoms with Gasteiger partial charge < -0.3 is 14.6 Å². The molecule has 2 atom stereocenters. The SMILES string of the molecule is COC(=O)[C@H]1CC/C(=C(/O)OC)CC[C@H]1OS(=O)(=O)c1ccc(C)cc1. The number of ether oxygens (including phenoxy) is 2. The molecule has 1 aromatic rings. The van der Waals surface area contributed by atoms with E-state index in [1.165, 1.54) is 26.4 Å². The van der Waals surface area contributed by atoms with Gasteiger partial charge in [0.25, 0.3) is 16.1 Å². The maximum Gasteiger partial charge on any atom is 0.311 e. The fraction of sp³-hybridized carbons (Fsp3) is 0.500. The number of carbonyl (C=O) groups is 1. The topological polar surface area (TPSA) is 99.1 Å². The van der Waals surface area contributed by atoms with Gasteiger partial charge in [-0.3, -0.25) is 8.98 Å². The summed E-state index contributed by atoms with van der Waals surface area (Å²) in [7, 11) is -1.43. The molecule has 1 aliphatic carbocycles. The monoisotopic (exact) mass is 384 g/mol. The van der Waals surface area contributed by atoms with Crippen LogP contribution in [0.15, 0.2) is 40.7 Å². The number of benzene rings is 1. The van der Waals surface area contributed by atoms with Gasteiger partial charge in [-0.2, -0.15) is 8.42 Å². The number of methoxy groups -OCH3 is 2. The van der Waals surface area contributed by atoms with Gasteiger partial charge in [0.05, 0.1) is 31.1 Å². The van der Waals surface area contributed by atoms with Crippen LogP contribution in [-0.4, -0.2) is 39.8 Å². The third-order valence-electron chi connectivity index (χ3n) is 4.50. The summed E-state index contributed by atoms with van der Waals surface area (Å²) in [5.41, 5.74) is 1.55. The molecule has 1 fully saturated rings. The van der Waals surface area contributed by atoms with Gasteiger partial charge in [-0.1, -0.05) is 17.7 Å². The smallest absolute Gasteiger partial charge is 0.311 e. The largest absolute Gasteiger partial charge is 0.481 e. The van der Waals surface area contributed by atoms with Crippen molar-refractivity contribution in [2.75, 3.05) is 14.2 Å². The van der Waals surface area contributed by atoms with Gasteiger partial charge in [0, 0.05) is 5.57 Å². The fourth-order valence-electron chi connectivity index (χ4n) is 2.98. The molecule has 0 aromatic heterocycles. The molecule has 0 saturated heterocycles. The van der Waals surface area contributed by atoms with E-state index in [9.17, 15) is 18.3 Å². The third kappa shape index (κ3) is 4.76. The van der Waals surface area contributed by atoms with Crippen molar-refractivity contribution in [1.29, 1.82) is 0 Å². The summed E-state index contributed by atoms with van der Waals surface area (Å²) in [6.45, 7) is 1.85. The molecule has 1 N–H and O–H groups in total. The molecule has 0 heterocycles. The second kappa shape index (κ2) is 8.55. The van der Waals surface area contributed by atoms with Gasteiger partial charge in [-0.05, 0) is 44.7 Å². The fourth-order valence-corrected chi connectivity index (χ4v) is 4.11. The van der Waals surface area contributed by atoms with Crippen LogP contribution in [0.1, 0.15) is 31.2 Å². The summed E-state index contributed by atoms with van der Waals surface area (Å²) < 4.78 is 40.2. The van der Waals surface area contributed by atoms with Crippen molar-refractivity contribution >= 4 is 16.1 Å². The molecule has 0 unspecified atom stereocenters. The summed E-state index contributed by atoms with van der Waals surface area (Å²) in [6, 6.07) is 6.30. The van der Waals surface area contributed by atoms with Crippen LogP contribution < -0.4 is 0 Å². The van der Waals surface area contributed by atoms with Crippen molar-refractivity contribution in [3.63, 3.8) is 0 Å². The Balaban J connectivity index is 2.28. The molecule has 1 aliphatic rings. The van der Waals surface area contributed by atoms with Crippen molar-refractivity contribution in [3.8, 4) is 0 Å². The van der Waals surface area contributed by atoms with E-state index < -0.39 is 28.1 Å². The molecule has 0 radical (unpaired) electrons. The molecule has 7 nitrogen and oxygen atoms in total. The van der Waals surface area contributed by atoms with E-state index in [4.69, 9.17) is 13.7 Å². The highest BCUT2D eigenvalue weighted by molar-refractivity contribution is 7.86. The summed E-state index contributed by atoms with van der Waals surface area (Å²) in [5, 5.41) is 9.79. The maximum absolute atomic E-state index is 12.6. The Morgan fingerprint density at radius 1 is 1.08 bits per heavy atom. The summed E-state index contributed by atoms with van der Waals surface area (Å²) >= 11 is 0. The summed E-state index contributed by atoms with van der Waals surface area (Å²) in [4.78, 5) is 12.2. The third-order valence-corrected chi connectivity index (χ3v) is 5.85. The van der Waals surface area contributed by atoms with Gasteiger partial charge in [0.15, 0.2) is 0 Å². The van der Waals surface area contributed by atoms with Crippen LogP contribution in [0.25, 0.3) is 0 Å². The molecule has 0 bridgehead atoms. The molecule has 1 aromatic carbocycles. The molecule has 0 amide bonds. The highest BCUT2D eigenvalue weighted by Crippen LogP contribution is 2.33. The predicted molar refractivity (Wildman–Crippen MR) is 93.9 cm³/mol. The lowest BCUT2D eigenvalue weighted by Crippen LogP contribution is -2.32. The molecular formula is C18H24O7S. The number of aliphatic hydroxyl groups is 1. The Morgan fingerprint density at radius 3 is 2.27 bits per heavy atom. The number of aryl methyl sites for hydroxylation is 1. The molecule has 26 heavy (non-hydrogen) atoms. The van der Waals surface area contributed by atoms with E-state index in [1.807, 2.05) is 6.92 Å². The van der Waals surface area contributed by atoms with Gasteiger partial charge >= 0.3 is 5.97 Å². The highest BCUT2D eigenvalue weighted by atomic mass is 32.2. The summed E-state index contributed by atoms with van der Waals surface area (Å²) in [5.74, 6) is -1.48. The second-order valence-electron chi connectivity index (χ2n) is 6.22. The molecular weight excluding hydrogens is 360 g/mol. The minimum atomic E-state index is -4.03. The molecule has 0 aliphatic heterocycles. The molecule has 1 saturated carbocycles. The van der Waals surface area contributed by atoms with E-state index in [2.05, 4.69) is 0 Å². The van der Waals surface area contributed by atoms with E-state index in [-0.39, 0.29) is 17.3 Å². The van der Waals surface area contributed by atoms with Crippen molar-refractivity contribution in [3.05, 3.63) is 41.3 Å². The average molecular weight is 384 g/mol. The minimum Gasteiger partial charge on any atom is -0.481 e. The highest BCUT2D eigenvalue weighted by Gasteiger charge is 2.36. The minimum absolute atomic E-state index is 0.0338. The predicted octanol–water partition coefficient (Wildman–Crippen LogP) is 2.85. The Kier molecular flexibility index (Phi) is 6.66. The van der Waals surface area contributed by atoms with Crippen LogP contribution >= 0.6 is 0 Å². The molecule has 0 spiro atoms. The van der Waals surface area contributed by atoms with E-state index in [0.717, 1.165) is 5.56 Å². The summed E-state index contributed by atoms with van der Waals surface area (Å²) in [6.07, 6.45) is 0.415. The van der Waals surface area contributed by atoms with Crippen LogP contribution in [0.5, 0.6) is 0 Å². The zero-order valence-electron chi connectivity index (χ0n) is 15.1. The van der Waals surface area contributed by atoms with E-state index in [0.29, 0.717) is 24.8 Å². The first kappa shape index (κ1) is 20.3. The second-order valence-corrected chi connectivity index (χ2v) is 7.79. The standard InChI is InChI=1S/C18H24O7S/c1-12-4-8-14(9-5-12)26(21,22)25-16-11-7-13(17(19)23-2)6-10-15(16)18(20)24-3/h4-5,8-9,15-16,19H,6-7,10-11H2,1-3H3/b17-13+/t15-,16+/m0/s1. The number of hydrogen-bond donors (Lipinski definition) is 1. The van der Waals surface area contributed by atoms with Gasteiger partial charge in [-0.25, -0.2) is 0 Å². The number of rotatable bonds is 5. The normalized spacial score (nSPS) is 23.0. The first-order valence-corrected chi connectivity index (χ1v) is 9.72. The Bertz CT molecular complexity index is 765. The average Bonchev–Trinajstić information content (AvgIpc) is 2.83. The van der Waals surface area contributed by atoms with Crippen LogP contribution in [-0.2, 0) is 28.6 Å². The molecule has 144 valence electrons. The quantitative estimate of drug-likeness (QED) is 0.361. The van der Waals surface area contributed by atoms with Gasteiger partial charge in [0.2, 0.25) is 0 Å². The Labute approximate surface area is 153 Å². The lowest BCUT2D eigenvalue weighted by Gasteiger charge is -2.22. The van der Waals surface area contributed by atoms with Crippen LogP contribution in [0.3, 0.4) is 0 Å². The van der Waals surface area contributed by atoms with Crippen molar-refractivity contribution in [1.82, 2.24) is 0 Å². The van der Waals surface area contributed by atoms with Crippen molar-refractivity contribution in [2.24, 2.45) is 5.92 Å². The van der Waals surface area contributed by atoms with Crippen molar-refractivity contribution in [2.45, 2.75) is 43.6 Å². The lowest BCUT2D eigenvalue weighted by molar-refractivity contribution is -0.148. The zero-order valence-corrected chi connectivity index (χ0v) is 15.9. The maximum atomic E-state index is 12.6. The number of aliphatic hydroxyl groups excluding tert-OH is 1. The lowest BCUT2D eigenvalue weighted by atomic mass is 9.97. The van der Waals surface area contributed by atoms with Crippen LogP contribution in [0, 0.1) is 12.8 Å². The first-order valence-electron chi connectivity index (χ1n) is 8.31. The van der Waals surface area contributed by atoms with E-state index >= 15 is 0 Å².